The fraction of sp³-hybridized carbons (Fsp3) is 0.333. The second kappa shape index (κ2) is 4.75. The van der Waals surface area contributed by atoms with Crippen molar-refractivity contribution in [2.75, 3.05) is 5.32 Å². The lowest BCUT2D eigenvalue weighted by atomic mass is 10.1. The van der Waals surface area contributed by atoms with Crippen molar-refractivity contribution in [2.24, 2.45) is 7.05 Å². The van der Waals surface area contributed by atoms with Crippen molar-refractivity contribution in [1.29, 1.82) is 0 Å². The third-order valence-electron chi connectivity index (χ3n) is 2.61. The third kappa shape index (κ3) is 2.77. The maximum Gasteiger partial charge on any atom is 0.126 e. The average molecular weight is 251 g/mol. The highest BCUT2D eigenvalue weighted by atomic mass is 35.5. The molecule has 17 heavy (non-hydrogen) atoms. The Labute approximate surface area is 106 Å². The Morgan fingerprint density at radius 3 is 2.71 bits per heavy atom. The Hall–Kier alpha value is -1.55. The van der Waals surface area contributed by atoms with Crippen molar-refractivity contribution in [3.8, 4) is 0 Å². The van der Waals surface area contributed by atoms with Gasteiger partial charge < -0.3 is 5.32 Å². The molecular weight excluding hydrogens is 236 g/mol. The number of hydrogen-bond donors (Lipinski definition) is 1. The van der Waals surface area contributed by atoms with Crippen molar-refractivity contribution in [1.82, 2.24) is 14.8 Å². The number of halogens is 1. The summed E-state index contributed by atoms with van der Waals surface area (Å²) in [6.45, 7) is 4.09. The Bertz CT molecular complexity index is 504. The number of nitrogens with one attached hydrogen (secondary N) is 1. The lowest BCUT2D eigenvalue weighted by Gasteiger charge is -2.13. The molecule has 0 amide bonds. The molecule has 5 heteroatoms. The maximum absolute atomic E-state index is 5.79. The van der Waals surface area contributed by atoms with E-state index in [2.05, 4.69) is 22.3 Å². The van der Waals surface area contributed by atoms with Crippen LogP contribution in [0.1, 0.15) is 24.2 Å². The molecule has 1 atom stereocenters. The first-order valence-corrected chi connectivity index (χ1v) is 5.82. The fourth-order valence-corrected chi connectivity index (χ4v) is 1.92. The van der Waals surface area contributed by atoms with Gasteiger partial charge in [-0.1, -0.05) is 11.6 Å². The molecular formula is C12H15ClN4. The zero-order valence-electron chi connectivity index (χ0n) is 10.1. The van der Waals surface area contributed by atoms with Crippen LogP contribution in [0.15, 0.2) is 24.5 Å². The molecule has 0 saturated carbocycles. The summed E-state index contributed by atoms with van der Waals surface area (Å²) in [5.41, 5.74) is 2.20. The van der Waals surface area contributed by atoms with Crippen LogP contribution in [-0.4, -0.2) is 14.8 Å². The number of hydrogen-bond acceptors (Lipinski definition) is 3. The normalized spacial score (nSPS) is 12.5. The lowest BCUT2D eigenvalue weighted by Crippen LogP contribution is -2.08. The van der Waals surface area contributed by atoms with Gasteiger partial charge in [-0.3, -0.25) is 4.68 Å². The minimum Gasteiger partial charge on any atom is -0.363 e. The van der Waals surface area contributed by atoms with Gasteiger partial charge in [-0.2, -0.15) is 5.10 Å². The molecule has 2 heterocycles. The summed E-state index contributed by atoms with van der Waals surface area (Å²) in [5, 5.41) is 8.28. The minimum atomic E-state index is 0.164. The first kappa shape index (κ1) is 11.9. The quantitative estimate of drug-likeness (QED) is 0.911. The van der Waals surface area contributed by atoms with Crippen LogP contribution in [0, 0.1) is 6.92 Å². The molecule has 2 aromatic rings. The van der Waals surface area contributed by atoms with Crippen LogP contribution in [0.3, 0.4) is 0 Å². The molecule has 2 rings (SSSR count). The number of rotatable bonds is 3. The highest BCUT2D eigenvalue weighted by molar-refractivity contribution is 6.30. The van der Waals surface area contributed by atoms with E-state index in [4.69, 9.17) is 11.6 Å². The number of nitrogens with zero attached hydrogens (tertiary/aromatic N) is 3. The maximum atomic E-state index is 5.79. The second-order valence-corrected chi connectivity index (χ2v) is 4.51. The minimum absolute atomic E-state index is 0.164. The standard InChI is InChI=1S/C12H15ClN4/c1-8(11-7-17(3)16-9(11)2)15-12-5-4-10(13)6-14-12/h4-8H,1-3H3,(H,14,15)/t8-/m1/s1. The van der Waals surface area contributed by atoms with Crippen LogP contribution < -0.4 is 5.32 Å². The van der Waals surface area contributed by atoms with Gasteiger partial charge in [0.1, 0.15) is 5.82 Å². The van der Waals surface area contributed by atoms with Crippen LogP contribution in [0.25, 0.3) is 0 Å². The van der Waals surface area contributed by atoms with Gasteiger partial charge in [-0.15, -0.1) is 0 Å². The lowest BCUT2D eigenvalue weighted by molar-refractivity contribution is 0.756. The molecule has 0 fully saturated rings. The first-order valence-electron chi connectivity index (χ1n) is 5.44. The second-order valence-electron chi connectivity index (χ2n) is 4.07. The molecule has 0 aliphatic heterocycles. The third-order valence-corrected chi connectivity index (χ3v) is 2.83. The highest BCUT2D eigenvalue weighted by Crippen LogP contribution is 2.20. The van der Waals surface area contributed by atoms with E-state index >= 15 is 0 Å². The van der Waals surface area contributed by atoms with Crippen molar-refractivity contribution >= 4 is 17.4 Å². The Balaban J connectivity index is 2.14. The summed E-state index contributed by atoms with van der Waals surface area (Å²) in [5.74, 6) is 0.810. The fourth-order valence-electron chi connectivity index (χ4n) is 1.80. The zero-order chi connectivity index (χ0) is 12.4. The predicted octanol–water partition coefficient (Wildman–Crippen LogP) is 2.95. The summed E-state index contributed by atoms with van der Waals surface area (Å²) in [7, 11) is 1.92. The predicted molar refractivity (Wildman–Crippen MR) is 69.2 cm³/mol. The zero-order valence-corrected chi connectivity index (χ0v) is 10.9. The molecule has 0 spiro atoms. The van der Waals surface area contributed by atoms with Gasteiger partial charge in [0.15, 0.2) is 0 Å². The Morgan fingerprint density at radius 1 is 1.41 bits per heavy atom. The van der Waals surface area contributed by atoms with Crippen molar-refractivity contribution in [3.05, 3.63) is 40.8 Å². The van der Waals surface area contributed by atoms with E-state index in [1.807, 2.05) is 37.0 Å². The van der Waals surface area contributed by atoms with E-state index in [1.54, 1.807) is 6.20 Å². The van der Waals surface area contributed by atoms with Crippen molar-refractivity contribution in [2.45, 2.75) is 19.9 Å². The highest BCUT2D eigenvalue weighted by Gasteiger charge is 2.11. The number of aryl methyl sites for hydroxylation is 2. The van der Waals surface area contributed by atoms with Crippen LogP contribution in [0.2, 0.25) is 5.02 Å². The average Bonchev–Trinajstić information content (AvgIpc) is 2.61. The molecule has 90 valence electrons. The summed E-state index contributed by atoms with van der Waals surface area (Å²) in [6, 6.07) is 3.85. The van der Waals surface area contributed by atoms with E-state index in [0.29, 0.717) is 5.02 Å². The van der Waals surface area contributed by atoms with Crippen LogP contribution in [0.4, 0.5) is 5.82 Å². The van der Waals surface area contributed by atoms with Crippen molar-refractivity contribution < 1.29 is 0 Å². The summed E-state index contributed by atoms with van der Waals surface area (Å²) in [4.78, 5) is 4.21. The van der Waals surface area contributed by atoms with Crippen LogP contribution >= 0.6 is 11.6 Å². The Morgan fingerprint density at radius 2 is 2.18 bits per heavy atom. The summed E-state index contributed by atoms with van der Waals surface area (Å²) >= 11 is 5.79. The monoisotopic (exact) mass is 250 g/mol. The smallest absolute Gasteiger partial charge is 0.126 e. The largest absolute Gasteiger partial charge is 0.363 e. The molecule has 0 aliphatic carbocycles. The van der Waals surface area contributed by atoms with Crippen molar-refractivity contribution in [3.63, 3.8) is 0 Å². The molecule has 4 nitrogen and oxygen atoms in total. The summed E-state index contributed by atoms with van der Waals surface area (Å²) in [6.07, 6.45) is 3.65. The van der Waals surface area contributed by atoms with E-state index in [0.717, 1.165) is 11.5 Å². The Kier molecular flexibility index (Phi) is 3.33. The van der Waals surface area contributed by atoms with E-state index in [9.17, 15) is 0 Å². The topological polar surface area (TPSA) is 42.7 Å². The van der Waals surface area contributed by atoms with E-state index in [-0.39, 0.29) is 6.04 Å². The molecule has 2 aromatic heterocycles. The first-order chi connectivity index (χ1) is 8.06. The van der Waals surface area contributed by atoms with Gasteiger partial charge in [0, 0.05) is 25.0 Å². The molecule has 0 saturated heterocycles. The number of anilines is 1. The van der Waals surface area contributed by atoms with Crippen LogP contribution in [0.5, 0.6) is 0 Å². The molecule has 0 aromatic carbocycles. The molecule has 0 radical (unpaired) electrons. The van der Waals surface area contributed by atoms with Gasteiger partial charge in [0.25, 0.3) is 0 Å². The van der Waals surface area contributed by atoms with Gasteiger partial charge in [-0.25, -0.2) is 4.98 Å². The number of aromatic nitrogens is 3. The van der Waals surface area contributed by atoms with E-state index < -0.39 is 0 Å². The van der Waals surface area contributed by atoms with E-state index in [1.165, 1.54) is 5.56 Å². The van der Waals surface area contributed by atoms with Gasteiger partial charge >= 0.3 is 0 Å². The van der Waals surface area contributed by atoms with Gasteiger partial charge in [-0.05, 0) is 26.0 Å². The van der Waals surface area contributed by atoms with Gasteiger partial charge in [0.05, 0.1) is 16.8 Å². The van der Waals surface area contributed by atoms with Gasteiger partial charge in [0.2, 0.25) is 0 Å². The molecule has 0 bridgehead atoms. The number of pyridine rings is 1. The summed E-state index contributed by atoms with van der Waals surface area (Å²) < 4.78 is 1.82. The van der Waals surface area contributed by atoms with Crippen LogP contribution in [-0.2, 0) is 7.05 Å². The SMILES string of the molecule is Cc1nn(C)cc1[C@@H](C)Nc1ccc(Cl)cn1. The molecule has 1 N–H and O–H groups in total. The molecule has 0 unspecified atom stereocenters. The molecule has 0 aliphatic rings.